The topological polar surface area (TPSA) is 118 Å². The van der Waals surface area contributed by atoms with Gasteiger partial charge in [0.15, 0.2) is 9.84 Å². The number of hydrogen-bond donors (Lipinski definition) is 2. The molecule has 1 amide bonds. The van der Waals surface area contributed by atoms with Crippen LogP contribution in [0.1, 0.15) is 52.4 Å². The van der Waals surface area contributed by atoms with Gasteiger partial charge in [-0.25, -0.2) is 13.4 Å². The highest BCUT2D eigenvalue weighted by Gasteiger charge is 2.36. The lowest BCUT2D eigenvalue weighted by Crippen LogP contribution is -2.41. The average molecular weight is 634 g/mol. The number of alkyl halides is 3. The minimum atomic E-state index is -4.40. The number of pyridine rings is 1. The summed E-state index contributed by atoms with van der Waals surface area (Å²) in [4.78, 5) is 19.8. The third-order valence-electron chi connectivity index (χ3n) is 8.07. The molecule has 236 valence electrons. The van der Waals surface area contributed by atoms with E-state index in [2.05, 4.69) is 10.3 Å². The first-order valence-corrected chi connectivity index (χ1v) is 16.0. The van der Waals surface area contributed by atoms with E-state index in [1.165, 1.54) is 30.5 Å². The summed E-state index contributed by atoms with van der Waals surface area (Å²) in [5, 5.41) is 12.7. The second-order valence-electron chi connectivity index (χ2n) is 10.9. The Morgan fingerprint density at radius 2 is 1.82 bits per heavy atom. The molecule has 2 aliphatic heterocycles. The molecule has 0 bridgehead atoms. The number of aromatic nitrogens is 1. The Balaban J connectivity index is 1.28. The summed E-state index contributed by atoms with van der Waals surface area (Å²) in [5.41, 5.74) is 0.909. The number of aliphatic hydroxyl groups excluding tert-OH is 1. The standard InChI is InChI=1S/C31H34F3N3O6S/c1-2-44(40,41)27-10-5-21(6-11-27)28(16-38)36-30(39)22-7-12-29(35-14-22)37-15-23(13-25(37)17-43-26-18-42-19-26)20-3-8-24(9-4-20)31(32,33)34/h3-12,14,23,25-26,28,38H,2,13,15-19H2,1H3,(H,36,39)/t23?,25-,28-/m0/s1. The molecular formula is C31H34F3N3O6S. The first-order valence-electron chi connectivity index (χ1n) is 14.3. The van der Waals surface area contributed by atoms with E-state index >= 15 is 0 Å². The van der Waals surface area contributed by atoms with Crippen LogP contribution in [0.25, 0.3) is 0 Å². The zero-order valence-electron chi connectivity index (χ0n) is 24.0. The van der Waals surface area contributed by atoms with Gasteiger partial charge in [0.05, 0.1) is 60.3 Å². The number of anilines is 1. The average Bonchev–Trinajstić information content (AvgIpc) is 3.43. The van der Waals surface area contributed by atoms with Crippen LogP contribution in [0.3, 0.4) is 0 Å². The third kappa shape index (κ3) is 7.23. The van der Waals surface area contributed by atoms with Gasteiger partial charge in [-0.15, -0.1) is 0 Å². The summed E-state index contributed by atoms with van der Waals surface area (Å²) in [5.74, 6) is 0.0479. The molecule has 2 aromatic carbocycles. The Hall–Kier alpha value is -3.52. The van der Waals surface area contributed by atoms with Gasteiger partial charge in [0, 0.05) is 18.7 Å². The molecule has 0 spiro atoms. The van der Waals surface area contributed by atoms with Crippen LogP contribution in [0.2, 0.25) is 0 Å². The first-order chi connectivity index (χ1) is 21.0. The number of halogens is 3. The SMILES string of the molecule is CCS(=O)(=O)c1ccc([C@H](CO)NC(=O)c2ccc(N3CC(c4ccc(C(F)(F)F)cc4)C[C@H]3COC3COC3)nc2)cc1. The Kier molecular flexibility index (Phi) is 9.59. The maximum atomic E-state index is 13.1. The lowest BCUT2D eigenvalue weighted by atomic mass is 9.95. The summed E-state index contributed by atoms with van der Waals surface area (Å²) in [7, 11) is -3.38. The van der Waals surface area contributed by atoms with Crippen molar-refractivity contribution in [1.29, 1.82) is 0 Å². The number of hydrogen-bond acceptors (Lipinski definition) is 8. The predicted molar refractivity (Wildman–Crippen MR) is 156 cm³/mol. The van der Waals surface area contributed by atoms with E-state index in [0.29, 0.717) is 44.2 Å². The number of nitrogens with one attached hydrogen (secondary N) is 1. The van der Waals surface area contributed by atoms with E-state index in [-0.39, 0.29) is 34.3 Å². The molecule has 0 radical (unpaired) electrons. The molecule has 2 saturated heterocycles. The van der Waals surface area contributed by atoms with Crippen molar-refractivity contribution in [1.82, 2.24) is 10.3 Å². The summed E-state index contributed by atoms with van der Waals surface area (Å²) < 4.78 is 74.6. The van der Waals surface area contributed by atoms with Crippen LogP contribution < -0.4 is 10.2 Å². The van der Waals surface area contributed by atoms with Crippen LogP contribution >= 0.6 is 0 Å². The molecule has 44 heavy (non-hydrogen) atoms. The van der Waals surface area contributed by atoms with Gasteiger partial charge in [-0.1, -0.05) is 31.2 Å². The minimum Gasteiger partial charge on any atom is -0.394 e. The van der Waals surface area contributed by atoms with Crippen molar-refractivity contribution in [2.45, 2.75) is 48.5 Å². The molecule has 5 rings (SSSR count). The highest BCUT2D eigenvalue weighted by molar-refractivity contribution is 7.91. The molecule has 1 unspecified atom stereocenters. The van der Waals surface area contributed by atoms with E-state index in [9.17, 15) is 31.5 Å². The van der Waals surface area contributed by atoms with Crippen molar-refractivity contribution in [2.24, 2.45) is 0 Å². The van der Waals surface area contributed by atoms with E-state index in [0.717, 1.165) is 17.7 Å². The number of sulfone groups is 1. The van der Waals surface area contributed by atoms with Crippen LogP contribution in [-0.2, 0) is 25.5 Å². The molecule has 0 saturated carbocycles. The highest BCUT2D eigenvalue weighted by atomic mass is 32.2. The quantitative estimate of drug-likeness (QED) is 0.324. The fourth-order valence-electron chi connectivity index (χ4n) is 5.34. The zero-order chi connectivity index (χ0) is 31.5. The molecule has 13 heteroatoms. The monoisotopic (exact) mass is 633 g/mol. The molecule has 2 fully saturated rings. The molecule has 3 heterocycles. The van der Waals surface area contributed by atoms with Gasteiger partial charge in [0.1, 0.15) is 11.9 Å². The fourth-order valence-corrected chi connectivity index (χ4v) is 6.22. The smallest absolute Gasteiger partial charge is 0.394 e. The van der Waals surface area contributed by atoms with Crippen molar-refractivity contribution >= 4 is 21.6 Å². The minimum absolute atomic E-state index is 0.00715. The van der Waals surface area contributed by atoms with E-state index in [1.807, 2.05) is 4.90 Å². The van der Waals surface area contributed by atoms with Crippen molar-refractivity contribution in [3.05, 3.63) is 89.1 Å². The maximum Gasteiger partial charge on any atom is 0.416 e. The summed E-state index contributed by atoms with van der Waals surface area (Å²) in [6.45, 7) is 3.10. The maximum absolute atomic E-state index is 13.1. The van der Waals surface area contributed by atoms with Gasteiger partial charge < -0.3 is 24.8 Å². The van der Waals surface area contributed by atoms with Crippen LogP contribution in [0, 0.1) is 0 Å². The molecule has 3 atom stereocenters. The second kappa shape index (κ2) is 13.2. The number of carbonyl (C=O) groups is 1. The molecule has 0 aliphatic carbocycles. The fraction of sp³-hybridized carbons (Fsp3) is 0.419. The van der Waals surface area contributed by atoms with Crippen LogP contribution in [0.15, 0.2) is 71.8 Å². The van der Waals surface area contributed by atoms with Crippen molar-refractivity contribution in [2.75, 3.05) is 43.6 Å². The molecule has 3 aromatic rings. The van der Waals surface area contributed by atoms with Gasteiger partial charge in [-0.3, -0.25) is 4.79 Å². The number of benzene rings is 2. The summed E-state index contributed by atoms with van der Waals surface area (Å²) in [6.07, 6.45) is -2.31. The molecule has 2 aliphatic rings. The lowest BCUT2D eigenvalue weighted by molar-refractivity contribution is -0.137. The van der Waals surface area contributed by atoms with Gasteiger partial charge >= 0.3 is 6.18 Å². The first kappa shape index (κ1) is 31.9. The lowest BCUT2D eigenvalue weighted by Gasteiger charge is -2.30. The van der Waals surface area contributed by atoms with E-state index in [4.69, 9.17) is 9.47 Å². The van der Waals surface area contributed by atoms with Crippen LogP contribution in [0.5, 0.6) is 0 Å². The predicted octanol–water partition coefficient (Wildman–Crippen LogP) is 4.14. The van der Waals surface area contributed by atoms with Gasteiger partial charge in [-0.05, 0) is 53.9 Å². The molecular weight excluding hydrogens is 599 g/mol. The molecule has 9 nitrogen and oxygen atoms in total. The highest BCUT2D eigenvalue weighted by Crippen LogP contribution is 2.37. The van der Waals surface area contributed by atoms with Gasteiger partial charge in [0.25, 0.3) is 5.91 Å². The van der Waals surface area contributed by atoms with Gasteiger partial charge in [-0.2, -0.15) is 13.2 Å². The second-order valence-corrected chi connectivity index (χ2v) is 13.2. The van der Waals surface area contributed by atoms with Crippen LogP contribution in [0.4, 0.5) is 19.0 Å². The number of rotatable bonds is 11. The molecule has 2 N–H and O–H groups in total. The van der Waals surface area contributed by atoms with Crippen LogP contribution in [-0.4, -0.2) is 75.3 Å². The van der Waals surface area contributed by atoms with E-state index in [1.54, 1.807) is 31.2 Å². The third-order valence-corrected chi connectivity index (χ3v) is 9.82. The van der Waals surface area contributed by atoms with Crippen molar-refractivity contribution in [3.63, 3.8) is 0 Å². The Morgan fingerprint density at radius 3 is 2.36 bits per heavy atom. The number of ether oxygens (including phenoxy) is 2. The molecule has 1 aromatic heterocycles. The van der Waals surface area contributed by atoms with Gasteiger partial charge in [0.2, 0.25) is 0 Å². The summed E-state index contributed by atoms with van der Waals surface area (Å²) >= 11 is 0. The Labute approximate surface area is 253 Å². The number of carbonyl (C=O) groups excluding carboxylic acids is 1. The van der Waals surface area contributed by atoms with Crippen molar-refractivity contribution < 1.29 is 41.0 Å². The number of amides is 1. The Morgan fingerprint density at radius 1 is 1.11 bits per heavy atom. The van der Waals surface area contributed by atoms with E-state index < -0.39 is 40.1 Å². The Bertz CT molecular complexity index is 1530. The van der Waals surface area contributed by atoms with Crippen molar-refractivity contribution in [3.8, 4) is 0 Å². The largest absolute Gasteiger partial charge is 0.416 e. The summed E-state index contributed by atoms with van der Waals surface area (Å²) in [6, 6.07) is 13.7. The number of nitrogens with zero attached hydrogens (tertiary/aromatic N) is 2. The normalized spacial score (nSPS) is 19.9. The number of aliphatic hydroxyl groups is 1. The zero-order valence-corrected chi connectivity index (χ0v) is 24.9.